The van der Waals surface area contributed by atoms with Gasteiger partial charge in [-0.2, -0.15) is 0 Å². The third-order valence-corrected chi connectivity index (χ3v) is 4.47. The molecule has 0 aliphatic carbocycles. The molecule has 2 aromatic rings. The number of barbiturate groups is 1. The lowest BCUT2D eigenvalue weighted by Gasteiger charge is -2.26. The lowest BCUT2D eigenvalue weighted by Crippen LogP contribution is -2.54. The fourth-order valence-corrected chi connectivity index (χ4v) is 2.95. The van der Waals surface area contributed by atoms with Gasteiger partial charge >= 0.3 is 12.0 Å². The molecular weight excluding hydrogens is 404 g/mol. The van der Waals surface area contributed by atoms with Crippen LogP contribution in [0.1, 0.15) is 22.8 Å². The molecule has 0 bridgehead atoms. The van der Waals surface area contributed by atoms with Crippen molar-refractivity contribution >= 4 is 35.6 Å². The summed E-state index contributed by atoms with van der Waals surface area (Å²) in [5.74, 6) is -1.22. The van der Waals surface area contributed by atoms with Gasteiger partial charge in [-0.15, -0.1) is 0 Å². The summed E-state index contributed by atoms with van der Waals surface area (Å²) in [6.45, 7) is 2.16. The lowest BCUT2D eigenvalue weighted by atomic mass is 10.1. The fourth-order valence-electron chi connectivity index (χ4n) is 2.95. The average molecular weight is 424 g/mol. The number of benzene rings is 2. The predicted molar refractivity (Wildman–Crippen MR) is 111 cm³/mol. The summed E-state index contributed by atoms with van der Waals surface area (Å²) in [7, 11) is 2.76. The molecule has 1 aliphatic rings. The second kappa shape index (κ2) is 9.12. The molecule has 1 heterocycles. The highest BCUT2D eigenvalue weighted by molar-refractivity contribution is 6.39. The van der Waals surface area contributed by atoms with Gasteiger partial charge in [0.05, 0.1) is 32.1 Å². The van der Waals surface area contributed by atoms with Crippen LogP contribution in [-0.2, 0) is 14.3 Å². The Balaban J connectivity index is 1.99. The Morgan fingerprint density at radius 2 is 1.77 bits per heavy atom. The first-order chi connectivity index (χ1) is 14.9. The number of imide groups is 2. The van der Waals surface area contributed by atoms with Crippen molar-refractivity contribution in [3.8, 4) is 11.5 Å². The molecule has 0 aromatic heterocycles. The highest BCUT2D eigenvalue weighted by atomic mass is 16.5. The van der Waals surface area contributed by atoms with Crippen LogP contribution in [0.25, 0.3) is 6.08 Å². The van der Waals surface area contributed by atoms with E-state index >= 15 is 0 Å². The van der Waals surface area contributed by atoms with E-state index in [1.54, 1.807) is 25.1 Å². The molecule has 1 saturated heterocycles. The number of urea groups is 1. The summed E-state index contributed by atoms with van der Waals surface area (Å²) in [5.41, 5.74) is 0.662. The van der Waals surface area contributed by atoms with Crippen molar-refractivity contribution in [3.63, 3.8) is 0 Å². The monoisotopic (exact) mass is 424 g/mol. The molecular formula is C22H20N2O7. The number of carbonyl (C=O) groups is 4. The maximum absolute atomic E-state index is 13.0. The molecule has 0 radical (unpaired) electrons. The van der Waals surface area contributed by atoms with Crippen LogP contribution >= 0.6 is 0 Å². The molecule has 0 spiro atoms. The minimum absolute atomic E-state index is 0.188. The highest BCUT2D eigenvalue weighted by Gasteiger charge is 2.37. The van der Waals surface area contributed by atoms with Crippen molar-refractivity contribution < 1.29 is 33.4 Å². The molecule has 9 nitrogen and oxygen atoms in total. The Morgan fingerprint density at radius 1 is 1.06 bits per heavy atom. The topological polar surface area (TPSA) is 111 Å². The molecule has 3 rings (SSSR count). The van der Waals surface area contributed by atoms with Crippen molar-refractivity contribution in [1.82, 2.24) is 5.32 Å². The van der Waals surface area contributed by atoms with Gasteiger partial charge in [0.25, 0.3) is 11.8 Å². The van der Waals surface area contributed by atoms with Gasteiger partial charge in [-0.25, -0.2) is 14.5 Å². The number of hydrogen-bond acceptors (Lipinski definition) is 7. The minimum Gasteiger partial charge on any atom is -0.497 e. The predicted octanol–water partition coefficient (Wildman–Crippen LogP) is 2.55. The second-order valence-electron chi connectivity index (χ2n) is 6.33. The van der Waals surface area contributed by atoms with Gasteiger partial charge in [-0.1, -0.05) is 0 Å². The molecule has 2 aromatic carbocycles. The summed E-state index contributed by atoms with van der Waals surface area (Å²) in [6.07, 6.45) is 1.35. The number of methoxy groups -OCH3 is 2. The van der Waals surface area contributed by atoms with E-state index in [0.717, 1.165) is 4.90 Å². The summed E-state index contributed by atoms with van der Waals surface area (Å²) in [4.78, 5) is 50.2. The number of hydrogen-bond donors (Lipinski definition) is 1. The number of anilines is 1. The van der Waals surface area contributed by atoms with Gasteiger partial charge in [0.2, 0.25) is 0 Å². The van der Waals surface area contributed by atoms with E-state index in [9.17, 15) is 19.2 Å². The van der Waals surface area contributed by atoms with Gasteiger partial charge in [0, 0.05) is 11.6 Å². The fraction of sp³-hybridized carbons (Fsp3) is 0.182. The Kier molecular flexibility index (Phi) is 6.35. The average Bonchev–Trinajstić information content (AvgIpc) is 2.77. The quantitative estimate of drug-likeness (QED) is 0.431. The van der Waals surface area contributed by atoms with Gasteiger partial charge in [0.1, 0.15) is 17.1 Å². The summed E-state index contributed by atoms with van der Waals surface area (Å²) in [6, 6.07) is 9.70. The number of nitrogens with one attached hydrogen (secondary N) is 1. The molecule has 9 heteroatoms. The van der Waals surface area contributed by atoms with Crippen molar-refractivity contribution in [2.24, 2.45) is 0 Å². The van der Waals surface area contributed by atoms with Crippen LogP contribution in [-0.4, -0.2) is 44.6 Å². The van der Waals surface area contributed by atoms with E-state index in [4.69, 9.17) is 9.47 Å². The van der Waals surface area contributed by atoms with Crippen LogP contribution in [0.3, 0.4) is 0 Å². The third kappa shape index (κ3) is 4.40. The molecule has 1 fully saturated rings. The maximum atomic E-state index is 13.0. The molecule has 0 unspecified atom stereocenters. The third-order valence-electron chi connectivity index (χ3n) is 4.47. The Morgan fingerprint density at radius 3 is 2.39 bits per heavy atom. The SMILES string of the molecule is CCOc1cc(OC)ccc1/C=C1\C(=O)NC(=O)N(c2ccc(C(=O)OC)cc2)C1=O. The number of esters is 1. The highest BCUT2D eigenvalue weighted by Crippen LogP contribution is 2.29. The first kappa shape index (κ1) is 21.6. The smallest absolute Gasteiger partial charge is 0.337 e. The summed E-state index contributed by atoms with van der Waals surface area (Å²) in [5, 5.41) is 2.15. The number of ether oxygens (including phenoxy) is 3. The van der Waals surface area contributed by atoms with Crippen LogP contribution < -0.4 is 19.7 Å². The van der Waals surface area contributed by atoms with Crippen molar-refractivity contribution in [3.05, 3.63) is 59.2 Å². The van der Waals surface area contributed by atoms with Crippen LogP contribution in [0.2, 0.25) is 0 Å². The molecule has 0 atom stereocenters. The van der Waals surface area contributed by atoms with Gasteiger partial charge in [-0.3, -0.25) is 14.9 Å². The Bertz CT molecular complexity index is 1070. The number of carbonyl (C=O) groups excluding carboxylic acids is 4. The zero-order valence-electron chi connectivity index (χ0n) is 17.1. The number of rotatable bonds is 6. The van der Waals surface area contributed by atoms with Gasteiger partial charge in [-0.05, 0) is 49.4 Å². The zero-order valence-corrected chi connectivity index (χ0v) is 17.1. The van der Waals surface area contributed by atoms with Gasteiger partial charge < -0.3 is 14.2 Å². The van der Waals surface area contributed by atoms with E-state index in [1.165, 1.54) is 44.6 Å². The number of amides is 4. The van der Waals surface area contributed by atoms with E-state index in [0.29, 0.717) is 23.7 Å². The molecule has 160 valence electrons. The van der Waals surface area contributed by atoms with Crippen molar-refractivity contribution in [2.75, 3.05) is 25.7 Å². The van der Waals surface area contributed by atoms with E-state index in [2.05, 4.69) is 10.1 Å². The first-order valence-electron chi connectivity index (χ1n) is 9.30. The Labute approximate surface area is 178 Å². The minimum atomic E-state index is -0.891. The van der Waals surface area contributed by atoms with E-state index in [-0.39, 0.29) is 16.8 Å². The molecule has 31 heavy (non-hydrogen) atoms. The largest absolute Gasteiger partial charge is 0.497 e. The van der Waals surface area contributed by atoms with Crippen LogP contribution in [0.15, 0.2) is 48.0 Å². The lowest BCUT2D eigenvalue weighted by molar-refractivity contribution is -0.122. The molecule has 0 saturated carbocycles. The van der Waals surface area contributed by atoms with E-state index < -0.39 is 23.8 Å². The Hall–Kier alpha value is -4.14. The van der Waals surface area contributed by atoms with E-state index in [1.807, 2.05) is 0 Å². The first-order valence-corrected chi connectivity index (χ1v) is 9.30. The molecule has 1 aliphatic heterocycles. The zero-order chi connectivity index (χ0) is 22.5. The summed E-state index contributed by atoms with van der Waals surface area (Å²) >= 11 is 0. The van der Waals surface area contributed by atoms with Gasteiger partial charge in [0.15, 0.2) is 0 Å². The number of nitrogens with zero attached hydrogens (tertiary/aromatic N) is 1. The maximum Gasteiger partial charge on any atom is 0.337 e. The van der Waals surface area contributed by atoms with Crippen molar-refractivity contribution in [1.29, 1.82) is 0 Å². The van der Waals surface area contributed by atoms with Crippen LogP contribution in [0, 0.1) is 0 Å². The second-order valence-corrected chi connectivity index (χ2v) is 6.33. The molecule has 1 N–H and O–H groups in total. The normalized spacial score (nSPS) is 15.0. The van der Waals surface area contributed by atoms with Crippen LogP contribution in [0.5, 0.6) is 11.5 Å². The molecule has 4 amide bonds. The standard InChI is InChI=1S/C22H20N2O7/c1-4-31-18-12-16(29-2)10-7-14(18)11-17-19(25)23-22(28)24(20(17)26)15-8-5-13(6-9-15)21(27)30-3/h5-12H,4H2,1-3H3,(H,23,25,28)/b17-11+. The van der Waals surface area contributed by atoms with Crippen LogP contribution in [0.4, 0.5) is 10.5 Å². The summed E-state index contributed by atoms with van der Waals surface area (Å²) < 4.78 is 15.4. The van der Waals surface area contributed by atoms with Crippen molar-refractivity contribution in [2.45, 2.75) is 6.92 Å².